The minimum absolute atomic E-state index is 0.250. The quantitative estimate of drug-likeness (QED) is 0.433. The zero-order valence-corrected chi connectivity index (χ0v) is 16.2. The van der Waals surface area contributed by atoms with Crippen molar-refractivity contribution in [2.45, 2.75) is 54.1 Å². The second kappa shape index (κ2) is 7.37. The van der Waals surface area contributed by atoms with Crippen molar-refractivity contribution < 1.29 is 27.6 Å². The highest BCUT2D eigenvalue weighted by Gasteiger charge is 2.45. The second-order valence-electron chi connectivity index (χ2n) is 6.70. The van der Waals surface area contributed by atoms with Crippen LogP contribution in [0.25, 0.3) is 11.0 Å². The summed E-state index contributed by atoms with van der Waals surface area (Å²) in [6.45, 7) is -0.548. The molecule has 1 saturated carbocycles. The van der Waals surface area contributed by atoms with Crippen LogP contribution in [0.5, 0.6) is 0 Å². The van der Waals surface area contributed by atoms with Gasteiger partial charge >= 0.3 is 10.3 Å². The maximum Gasteiger partial charge on any atom is 0.333 e. The molecule has 2 aromatic rings. The van der Waals surface area contributed by atoms with Crippen molar-refractivity contribution in [3.63, 3.8) is 0 Å². The first kappa shape index (κ1) is 19.8. The van der Waals surface area contributed by atoms with Crippen LogP contribution >= 0.6 is 11.8 Å². The predicted octanol–water partition coefficient (Wildman–Crippen LogP) is -1.11. The Kier molecular flexibility index (Phi) is 5.20. The van der Waals surface area contributed by atoms with Crippen molar-refractivity contribution in [2.24, 2.45) is 5.14 Å². The third-order valence-corrected chi connectivity index (χ3v) is 6.57. The molecule has 0 amide bonds. The summed E-state index contributed by atoms with van der Waals surface area (Å²) >= 11 is 1.56. The largest absolute Gasteiger partial charge is 0.387 e. The SMILES string of the molecule is Nc1ncnc2c1c(SC1CCC1)nn2[C@@H]1O[C@H](COS(N)(=O)=O)[C@@H](O)[C@H]1O. The molecule has 1 aliphatic carbocycles. The average molecular weight is 432 g/mol. The lowest BCUT2D eigenvalue weighted by Gasteiger charge is -2.23. The number of fused-ring (bicyclic) bond motifs is 1. The normalized spacial score (nSPS) is 28.7. The number of ether oxygens (including phenoxy) is 1. The van der Waals surface area contributed by atoms with E-state index >= 15 is 0 Å². The fraction of sp³-hybridized carbons (Fsp3) is 0.643. The van der Waals surface area contributed by atoms with Gasteiger partial charge in [-0.3, -0.25) is 4.18 Å². The fourth-order valence-corrected chi connectivity index (χ4v) is 4.76. The van der Waals surface area contributed by atoms with E-state index in [1.807, 2.05) is 0 Å². The Bertz CT molecular complexity index is 980. The Balaban J connectivity index is 1.65. The standard InChI is InChI=1S/C14H20N6O6S2/c15-11-8-12(18-5-17-11)20(19-13(8)27-6-2-1-3-6)14-10(22)9(21)7(26-14)4-25-28(16,23)24/h5-7,9-10,14,21-22H,1-4H2,(H2,15,17,18)(H2,16,23,24)/t7-,9-,10-,14-/m1/s1. The Morgan fingerprint density at radius 1 is 1.32 bits per heavy atom. The number of nitrogen functional groups attached to an aromatic ring is 1. The summed E-state index contributed by atoms with van der Waals surface area (Å²) in [6, 6.07) is 0. The molecule has 2 aromatic heterocycles. The molecule has 2 aliphatic rings. The number of nitrogens with two attached hydrogens (primary N) is 2. The van der Waals surface area contributed by atoms with Gasteiger partial charge in [-0.15, -0.1) is 11.8 Å². The molecular formula is C14H20N6O6S2. The second-order valence-corrected chi connectivity index (χ2v) is 9.21. The van der Waals surface area contributed by atoms with Crippen LogP contribution in [0, 0.1) is 0 Å². The molecule has 1 saturated heterocycles. The van der Waals surface area contributed by atoms with Crippen molar-refractivity contribution in [1.82, 2.24) is 19.7 Å². The molecule has 0 radical (unpaired) electrons. The van der Waals surface area contributed by atoms with Gasteiger partial charge in [0.2, 0.25) is 0 Å². The van der Waals surface area contributed by atoms with E-state index in [1.165, 1.54) is 11.0 Å². The monoisotopic (exact) mass is 432 g/mol. The number of aromatic nitrogens is 4. The van der Waals surface area contributed by atoms with E-state index in [1.54, 1.807) is 11.8 Å². The Morgan fingerprint density at radius 2 is 2.07 bits per heavy atom. The Morgan fingerprint density at radius 3 is 2.71 bits per heavy atom. The number of anilines is 1. The van der Waals surface area contributed by atoms with E-state index in [9.17, 15) is 18.6 Å². The minimum Gasteiger partial charge on any atom is -0.387 e. The number of aliphatic hydroxyl groups excluding tert-OH is 2. The summed E-state index contributed by atoms with van der Waals surface area (Å²) in [6.07, 6.45) is -0.474. The minimum atomic E-state index is -4.22. The molecule has 0 bridgehead atoms. The van der Waals surface area contributed by atoms with Crippen LogP contribution in [0.15, 0.2) is 11.4 Å². The number of thioether (sulfide) groups is 1. The smallest absolute Gasteiger partial charge is 0.333 e. The summed E-state index contributed by atoms with van der Waals surface area (Å²) < 4.78 is 33.4. The number of nitrogens with zero attached hydrogens (tertiary/aromatic N) is 4. The van der Waals surface area contributed by atoms with Gasteiger partial charge < -0.3 is 20.7 Å². The number of rotatable bonds is 6. The van der Waals surface area contributed by atoms with E-state index in [0.717, 1.165) is 19.3 Å². The van der Waals surface area contributed by atoms with Gasteiger partial charge in [0.25, 0.3) is 0 Å². The van der Waals surface area contributed by atoms with Crippen molar-refractivity contribution >= 4 is 38.9 Å². The third kappa shape index (κ3) is 3.68. The summed E-state index contributed by atoms with van der Waals surface area (Å²) in [5.74, 6) is 0.250. The van der Waals surface area contributed by atoms with Crippen molar-refractivity contribution in [1.29, 1.82) is 0 Å². The van der Waals surface area contributed by atoms with Crippen LogP contribution in [0.3, 0.4) is 0 Å². The van der Waals surface area contributed by atoms with E-state index in [2.05, 4.69) is 19.2 Å². The lowest BCUT2D eigenvalue weighted by Crippen LogP contribution is -2.35. The lowest BCUT2D eigenvalue weighted by molar-refractivity contribution is -0.0532. The van der Waals surface area contributed by atoms with Gasteiger partial charge in [0.1, 0.15) is 35.5 Å². The molecule has 0 unspecified atom stereocenters. The van der Waals surface area contributed by atoms with E-state index in [4.69, 9.17) is 15.6 Å². The van der Waals surface area contributed by atoms with Crippen LogP contribution in [-0.2, 0) is 19.2 Å². The Hall–Kier alpha value is -1.55. The summed E-state index contributed by atoms with van der Waals surface area (Å²) in [5, 5.41) is 31.5. The number of hydrogen-bond donors (Lipinski definition) is 4. The van der Waals surface area contributed by atoms with Crippen LogP contribution < -0.4 is 10.9 Å². The maximum atomic E-state index is 11.0. The zero-order valence-electron chi connectivity index (χ0n) is 14.6. The van der Waals surface area contributed by atoms with E-state index in [-0.39, 0.29) is 5.82 Å². The summed E-state index contributed by atoms with van der Waals surface area (Å²) in [5.41, 5.74) is 6.36. The number of aliphatic hydroxyl groups is 2. The fourth-order valence-electron chi connectivity index (χ4n) is 3.10. The van der Waals surface area contributed by atoms with Crippen molar-refractivity contribution in [3.05, 3.63) is 6.33 Å². The van der Waals surface area contributed by atoms with Crippen LogP contribution in [0.2, 0.25) is 0 Å². The van der Waals surface area contributed by atoms with Gasteiger partial charge in [-0.1, -0.05) is 6.42 Å². The molecule has 14 heteroatoms. The predicted molar refractivity (Wildman–Crippen MR) is 98.2 cm³/mol. The highest BCUT2D eigenvalue weighted by molar-refractivity contribution is 8.00. The van der Waals surface area contributed by atoms with Gasteiger partial charge in [-0.25, -0.2) is 19.8 Å². The topological polar surface area (TPSA) is 189 Å². The highest BCUT2D eigenvalue weighted by atomic mass is 32.2. The van der Waals surface area contributed by atoms with Crippen molar-refractivity contribution in [3.8, 4) is 0 Å². The molecule has 6 N–H and O–H groups in total. The van der Waals surface area contributed by atoms with Gasteiger partial charge in [-0.2, -0.15) is 13.5 Å². The number of hydrogen-bond acceptors (Lipinski definition) is 11. The summed E-state index contributed by atoms with van der Waals surface area (Å²) in [7, 11) is -4.22. The summed E-state index contributed by atoms with van der Waals surface area (Å²) in [4.78, 5) is 8.22. The van der Waals surface area contributed by atoms with E-state index in [0.29, 0.717) is 21.3 Å². The molecule has 12 nitrogen and oxygen atoms in total. The van der Waals surface area contributed by atoms with E-state index < -0.39 is 41.5 Å². The maximum absolute atomic E-state index is 11.0. The van der Waals surface area contributed by atoms with Crippen LogP contribution in [-0.4, -0.2) is 68.5 Å². The molecule has 0 spiro atoms. The molecule has 28 heavy (non-hydrogen) atoms. The van der Waals surface area contributed by atoms with Gasteiger partial charge in [0.05, 0.1) is 12.0 Å². The molecule has 3 heterocycles. The molecule has 154 valence electrons. The molecular weight excluding hydrogens is 412 g/mol. The molecule has 0 aromatic carbocycles. The molecule has 1 aliphatic heterocycles. The first-order valence-corrected chi connectivity index (χ1v) is 10.9. The highest BCUT2D eigenvalue weighted by Crippen LogP contribution is 2.41. The molecule has 2 fully saturated rings. The molecule has 4 atom stereocenters. The Labute approximate surface area is 164 Å². The van der Waals surface area contributed by atoms with Crippen LogP contribution in [0.4, 0.5) is 5.82 Å². The van der Waals surface area contributed by atoms with Gasteiger partial charge in [0.15, 0.2) is 11.9 Å². The zero-order chi connectivity index (χ0) is 20.1. The van der Waals surface area contributed by atoms with Gasteiger partial charge in [-0.05, 0) is 12.8 Å². The first-order valence-electron chi connectivity index (χ1n) is 8.58. The van der Waals surface area contributed by atoms with Crippen LogP contribution in [0.1, 0.15) is 25.5 Å². The van der Waals surface area contributed by atoms with Gasteiger partial charge in [0, 0.05) is 5.25 Å². The van der Waals surface area contributed by atoms with Crippen molar-refractivity contribution in [2.75, 3.05) is 12.3 Å². The first-order chi connectivity index (χ1) is 13.2. The average Bonchev–Trinajstić information content (AvgIpc) is 3.08. The molecule has 4 rings (SSSR count). The third-order valence-electron chi connectivity index (χ3n) is 4.79. The lowest BCUT2D eigenvalue weighted by atomic mass is 10.0.